The Balaban J connectivity index is 0.816. The fraction of sp³-hybridized carbons (Fsp3) is 0.357. The second-order valence-electron chi connectivity index (χ2n) is 13.8. The number of aromatic hydroxyl groups is 1. The number of nitrogens with zero attached hydrogens (tertiary/aromatic N) is 3. The predicted molar refractivity (Wildman–Crippen MR) is 199 cm³/mol. The highest BCUT2D eigenvalue weighted by Crippen LogP contribution is 2.47. The molecule has 4 aromatic carbocycles. The third-order valence-corrected chi connectivity index (χ3v) is 10.5. The van der Waals surface area contributed by atoms with Crippen LogP contribution in [0.3, 0.4) is 0 Å². The maximum absolute atomic E-state index is 12.8. The number of carbonyl (C=O) groups is 3. The van der Waals surface area contributed by atoms with Gasteiger partial charge in [-0.3, -0.25) is 24.7 Å². The summed E-state index contributed by atoms with van der Waals surface area (Å²) in [6.45, 7) is 4.91. The Bertz CT molecular complexity index is 1840. The number of phenols is 1. The van der Waals surface area contributed by atoms with Crippen LogP contribution in [0.2, 0.25) is 0 Å². The largest absolute Gasteiger partial charge is 0.508 e. The first-order valence-electron chi connectivity index (χ1n) is 18.3. The normalized spacial score (nSPS) is 19.2. The van der Waals surface area contributed by atoms with Crippen LogP contribution in [0.5, 0.6) is 17.2 Å². The van der Waals surface area contributed by atoms with Crippen LogP contribution in [0, 0.1) is 0 Å². The summed E-state index contributed by atoms with van der Waals surface area (Å²) < 4.78 is 11.9. The second-order valence-corrected chi connectivity index (χ2v) is 13.8. The first kappa shape index (κ1) is 35.1. The molecule has 52 heavy (non-hydrogen) atoms. The van der Waals surface area contributed by atoms with E-state index in [1.54, 1.807) is 24.3 Å². The van der Waals surface area contributed by atoms with Crippen LogP contribution in [-0.4, -0.2) is 85.2 Å². The fourth-order valence-electron chi connectivity index (χ4n) is 7.67. The van der Waals surface area contributed by atoms with Gasteiger partial charge >= 0.3 is 6.03 Å². The average molecular weight is 703 g/mol. The zero-order valence-electron chi connectivity index (χ0n) is 29.4. The molecule has 3 aliphatic rings. The van der Waals surface area contributed by atoms with E-state index in [0.717, 1.165) is 51.1 Å². The molecule has 2 aliphatic heterocycles. The Morgan fingerprint density at radius 1 is 0.769 bits per heavy atom. The van der Waals surface area contributed by atoms with Crippen molar-refractivity contribution in [2.45, 2.75) is 43.9 Å². The summed E-state index contributed by atoms with van der Waals surface area (Å²) in [7, 11) is 0. The van der Waals surface area contributed by atoms with Crippen LogP contribution < -0.4 is 19.7 Å². The van der Waals surface area contributed by atoms with Crippen LogP contribution in [0.25, 0.3) is 0 Å². The summed E-state index contributed by atoms with van der Waals surface area (Å²) in [5, 5.41) is 12.4. The summed E-state index contributed by atoms with van der Waals surface area (Å²) in [4.78, 5) is 42.0. The van der Waals surface area contributed by atoms with Crippen molar-refractivity contribution in [3.63, 3.8) is 0 Å². The lowest BCUT2D eigenvalue weighted by molar-refractivity contribution is -0.135. The van der Waals surface area contributed by atoms with Crippen molar-refractivity contribution in [2.24, 2.45) is 0 Å². The van der Waals surface area contributed by atoms with Crippen molar-refractivity contribution < 1.29 is 29.0 Å². The molecule has 1 aliphatic carbocycles. The third-order valence-electron chi connectivity index (χ3n) is 10.5. The Morgan fingerprint density at radius 3 is 2.25 bits per heavy atom. The fourth-order valence-corrected chi connectivity index (χ4v) is 7.67. The highest BCUT2D eigenvalue weighted by atomic mass is 16.5. The Morgan fingerprint density at radius 2 is 1.50 bits per heavy atom. The molecule has 10 nitrogen and oxygen atoms in total. The van der Waals surface area contributed by atoms with Crippen molar-refractivity contribution in [3.8, 4) is 17.2 Å². The zero-order valence-corrected chi connectivity index (χ0v) is 29.4. The number of carbonyl (C=O) groups excluding carboxylic acids is 3. The molecule has 0 radical (unpaired) electrons. The standard InChI is InChI=1S/C42H46N4O6/c47-34-13-19-38-32(28-34)10-18-37(30-6-2-1-3-7-30)41(38)31-8-14-35(15-9-31)51-27-5-4-21-44-23-25-45(26-24-44)40(49)29-52-36-16-11-33(12-17-36)46-22-20-39(48)43-42(46)50/h1-3,6-9,11-17,19,28,37,41,47H,4-5,10,18,20-27,29H2,(H,43,48,50)/t37-,41+/m0/s1. The van der Waals surface area contributed by atoms with Gasteiger partial charge in [-0.1, -0.05) is 48.5 Å². The van der Waals surface area contributed by atoms with Crippen molar-refractivity contribution in [2.75, 3.05) is 57.4 Å². The molecule has 7 rings (SSSR count). The second kappa shape index (κ2) is 16.3. The molecule has 270 valence electrons. The number of fused-ring (bicyclic) bond motifs is 1. The van der Waals surface area contributed by atoms with Gasteiger partial charge in [-0.25, -0.2) is 4.79 Å². The number of anilines is 1. The number of rotatable bonds is 12. The molecule has 2 heterocycles. The van der Waals surface area contributed by atoms with E-state index in [1.807, 2.05) is 17.0 Å². The summed E-state index contributed by atoms with van der Waals surface area (Å²) in [6, 6.07) is 31.7. The number of hydrogen-bond donors (Lipinski definition) is 2. The number of amides is 4. The molecule has 0 unspecified atom stereocenters. The third kappa shape index (κ3) is 8.40. The molecule has 0 spiro atoms. The SMILES string of the molecule is O=C1CCN(c2ccc(OCC(=O)N3CCN(CCCCOc4ccc([C@H]5c6ccc(O)cc6CC[C@H]5c5ccccc5)cc4)CC3)cc2)C(=O)N1. The molecule has 4 amide bonds. The lowest BCUT2D eigenvalue weighted by atomic mass is 9.69. The molecule has 0 aromatic heterocycles. The Hall–Kier alpha value is -5.35. The zero-order chi connectivity index (χ0) is 35.9. The van der Waals surface area contributed by atoms with Gasteiger partial charge in [0, 0.05) is 50.7 Å². The number of aryl methyl sites for hydroxylation is 1. The highest BCUT2D eigenvalue weighted by molar-refractivity contribution is 6.05. The lowest BCUT2D eigenvalue weighted by Gasteiger charge is -2.35. The number of benzene rings is 4. The summed E-state index contributed by atoms with van der Waals surface area (Å²) in [6.07, 6.45) is 4.22. The van der Waals surface area contributed by atoms with Crippen molar-refractivity contribution >= 4 is 23.5 Å². The number of hydrogen-bond acceptors (Lipinski definition) is 7. The van der Waals surface area contributed by atoms with E-state index in [2.05, 4.69) is 70.9 Å². The van der Waals surface area contributed by atoms with Gasteiger partial charge in [-0.2, -0.15) is 0 Å². The minimum absolute atomic E-state index is 0.0392. The Labute approximate surface area is 304 Å². The van der Waals surface area contributed by atoms with E-state index < -0.39 is 6.03 Å². The van der Waals surface area contributed by atoms with E-state index in [1.165, 1.54) is 27.2 Å². The number of urea groups is 1. The molecule has 4 aromatic rings. The first-order valence-corrected chi connectivity index (χ1v) is 18.3. The van der Waals surface area contributed by atoms with Gasteiger partial charge in [0.2, 0.25) is 5.91 Å². The van der Waals surface area contributed by atoms with E-state index in [-0.39, 0.29) is 30.8 Å². The monoisotopic (exact) mass is 702 g/mol. The van der Waals surface area contributed by atoms with Crippen LogP contribution in [0.15, 0.2) is 97.1 Å². The van der Waals surface area contributed by atoms with Crippen molar-refractivity contribution in [3.05, 3.63) is 119 Å². The number of unbranched alkanes of at least 4 members (excludes halogenated alkanes) is 1. The van der Waals surface area contributed by atoms with Gasteiger partial charge < -0.3 is 19.5 Å². The minimum Gasteiger partial charge on any atom is -0.508 e. The number of imide groups is 1. The van der Waals surface area contributed by atoms with Gasteiger partial charge in [-0.15, -0.1) is 0 Å². The van der Waals surface area contributed by atoms with E-state index in [9.17, 15) is 19.5 Å². The maximum Gasteiger partial charge on any atom is 0.328 e. The first-order chi connectivity index (χ1) is 25.4. The molecular formula is C42H46N4O6. The van der Waals surface area contributed by atoms with Crippen LogP contribution >= 0.6 is 0 Å². The Kier molecular flexibility index (Phi) is 11.0. The summed E-state index contributed by atoms with van der Waals surface area (Å²) in [5.41, 5.74) is 5.80. The average Bonchev–Trinajstić information content (AvgIpc) is 3.17. The minimum atomic E-state index is -0.433. The van der Waals surface area contributed by atoms with E-state index in [0.29, 0.717) is 49.3 Å². The van der Waals surface area contributed by atoms with Gasteiger partial charge in [-0.05, 0) is 109 Å². The maximum atomic E-state index is 12.8. The van der Waals surface area contributed by atoms with Crippen molar-refractivity contribution in [1.29, 1.82) is 0 Å². The molecule has 2 fully saturated rings. The smallest absolute Gasteiger partial charge is 0.328 e. The number of ether oxygens (including phenoxy) is 2. The number of phenolic OH excluding ortho intramolecular Hbond substituents is 1. The van der Waals surface area contributed by atoms with Crippen LogP contribution in [0.1, 0.15) is 59.8 Å². The lowest BCUT2D eigenvalue weighted by Crippen LogP contribution is -2.50. The van der Waals surface area contributed by atoms with Crippen LogP contribution in [0.4, 0.5) is 10.5 Å². The molecule has 2 atom stereocenters. The van der Waals surface area contributed by atoms with Gasteiger partial charge in [0.1, 0.15) is 17.2 Å². The summed E-state index contributed by atoms with van der Waals surface area (Å²) in [5.74, 6) is 2.03. The van der Waals surface area contributed by atoms with Crippen LogP contribution in [-0.2, 0) is 16.0 Å². The van der Waals surface area contributed by atoms with E-state index in [4.69, 9.17) is 9.47 Å². The number of nitrogens with one attached hydrogen (secondary N) is 1. The molecule has 10 heteroatoms. The van der Waals surface area contributed by atoms with Gasteiger partial charge in [0.15, 0.2) is 6.61 Å². The number of piperazine rings is 1. The van der Waals surface area contributed by atoms with Gasteiger partial charge in [0.05, 0.1) is 6.61 Å². The highest BCUT2D eigenvalue weighted by Gasteiger charge is 2.32. The quantitative estimate of drug-likeness (QED) is 0.172. The molecule has 0 saturated carbocycles. The molecule has 2 N–H and O–H groups in total. The van der Waals surface area contributed by atoms with Crippen molar-refractivity contribution in [1.82, 2.24) is 15.1 Å². The predicted octanol–water partition coefficient (Wildman–Crippen LogP) is 6.08. The summed E-state index contributed by atoms with van der Waals surface area (Å²) >= 11 is 0. The molecule has 0 bridgehead atoms. The molecular weight excluding hydrogens is 656 g/mol. The topological polar surface area (TPSA) is 112 Å². The van der Waals surface area contributed by atoms with Gasteiger partial charge in [0.25, 0.3) is 5.91 Å². The van der Waals surface area contributed by atoms with E-state index >= 15 is 0 Å². The molecule has 2 saturated heterocycles.